The SMILES string of the molecule is Brc1ccc2c(c1)C(C1=CC=C(n3c4ccccc4c4ccccc43)CC1)(c1ccc(-n3c4ccccc4c4ccccc43)cc1)c1cc(Br)ccc1-2. The summed E-state index contributed by atoms with van der Waals surface area (Å²) in [6.07, 6.45) is 6.69. The van der Waals surface area contributed by atoms with Crippen molar-refractivity contribution in [2.24, 2.45) is 0 Å². The van der Waals surface area contributed by atoms with Crippen LogP contribution < -0.4 is 0 Å². The van der Waals surface area contributed by atoms with Crippen LogP contribution in [0.15, 0.2) is 184 Å². The van der Waals surface area contributed by atoms with Crippen LogP contribution in [0, 0.1) is 0 Å². The van der Waals surface area contributed by atoms with Gasteiger partial charge in [-0.1, -0.05) is 141 Å². The van der Waals surface area contributed by atoms with Crippen molar-refractivity contribution in [1.82, 2.24) is 9.13 Å². The number of fused-ring (bicyclic) bond motifs is 9. The van der Waals surface area contributed by atoms with E-state index >= 15 is 0 Å². The first kappa shape index (κ1) is 31.1. The number of nitrogens with zero attached hydrogens (tertiary/aromatic N) is 2. The zero-order valence-electron chi connectivity index (χ0n) is 28.7. The van der Waals surface area contributed by atoms with Crippen LogP contribution in [0.5, 0.6) is 0 Å². The Morgan fingerprint density at radius 1 is 0.434 bits per heavy atom. The standard InChI is InChI=1S/C49H32Br2N2/c50-33-21-27-37-38-28-22-34(51)30-44(38)49(43(37)29-33,31-17-23-35(24-18-31)52-45-13-5-1-9-39(45)40-10-2-6-14-46(40)52)32-19-25-36(26-20-32)53-47-15-7-3-11-41(47)42-12-4-8-16-48(42)53/h1-19,21-25,27-30H,20,26H2. The molecule has 0 atom stereocenters. The third-order valence-electron chi connectivity index (χ3n) is 11.7. The van der Waals surface area contributed by atoms with E-state index in [-0.39, 0.29) is 0 Å². The second-order valence-corrected chi connectivity index (χ2v) is 16.1. The molecular formula is C49H32Br2N2. The largest absolute Gasteiger partial charge is 0.313 e. The molecule has 252 valence electrons. The van der Waals surface area contributed by atoms with Gasteiger partial charge in [-0.3, -0.25) is 0 Å². The average molecular weight is 809 g/mol. The molecule has 0 fully saturated rings. The maximum absolute atomic E-state index is 3.89. The molecular weight excluding hydrogens is 776 g/mol. The van der Waals surface area contributed by atoms with Crippen molar-refractivity contribution in [3.05, 3.63) is 201 Å². The molecule has 9 aromatic rings. The Balaban J connectivity index is 1.15. The molecule has 2 heterocycles. The minimum absolute atomic E-state index is 0.472. The van der Waals surface area contributed by atoms with E-state index in [1.165, 1.54) is 82.7 Å². The molecule has 0 unspecified atom stereocenters. The zero-order valence-corrected chi connectivity index (χ0v) is 31.9. The Labute approximate surface area is 324 Å². The fraction of sp³-hybridized carbons (Fsp3) is 0.0612. The van der Waals surface area contributed by atoms with E-state index in [9.17, 15) is 0 Å². The fourth-order valence-corrected chi connectivity index (χ4v) is 10.3. The normalized spacial score (nSPS) is 14.8. The molecule has 2 aliphatic rings. The molecule has 11 rings (SSSR count). The number of rotatable bonds is 4. The molecule has 0 aliphatic heterocycles. The summed E-state index contributed by atoms with van der Waals surface area (Å²) in [5.41, 5.74) is 14.9. The summed E-state index contributed by atoms with van der Waals surface area (Å²) in [7, 11) is 0. The van der Waals surface area contributed by atoms with Gasteiger partial charge >= 0.3 is 0 Å². The molecule has 2 aliphatic carbocycles. The molecule has 53 heavy (non-hydrogen) atoms. The predicted octanol–water partition coefficient (Wildman–Crippen LogP) is 14.0. The molecule has 0 saturated heterocycles. The molecule has 0 spiro atoms. The minimum atomic E-state index is -0.472. The summed E-state index contributed by atoms with van der Waals surface area (Å²) in [4.78, 5) is 0. The van der Waals surface area contributed by atoms with Crippen molar-refractivity contribution in [3.8, 4) is 16.8 Å². The smallest absolute Gasteiger partial charge is 0.0677 e. The van der Waals surface area contributed by atoms with Gasteiger partial charge in [-0.05, 0) is 107 Å². The van der Waals surface area contributed by atoms with Crippen molar-refractivity contribution in [1.29, 1.82) is 0 Å². The van der Waals surface area contributed by atoms with Gasteiger partial charge in [0.05, 0.1) is 27.5 Å². The van der Waals surface area contributed by atoms with Crippen molar-refractivity contribution < 1.29 is 0 Å². The first-order valence-corrected chi connectivity index (χ1v) is 19.8. The molecule has 4 heteroatoms. The monoisotopic (exact) mass is 806 g/mol. The van der Waals surface area contributed by atoms with Gasteiger partial charge in [0.1, 0.15) is 0 Å². The lowest BCUT2D eigenvalue weighted by molar-refractivity contribution is 0.690. The van der Waals surface area contributed by atoms with Gasteiger partial charge < -0.3 is 9.13 Å². The van der Waals surface area contributed by atoms with Crippen molar-refractivity contribution in [2.75, 3.05) is 0 Å². The lowest BCUT2D eigenvalue weighted by atomic mass is 9.65. The number of allylic oxidation sites excluding steroid dienone is 4. The van der Waals surface area contributed by atoms with Gasteiger partial charge in [0.2, 0.25) is 0 Å². The van der Waals surface area contributed by atoms with Crippen molar-refractivity contribution >= 4 is 81.2 Å². The summed E-state index contributed by atoms with van der Waals surface area (Å²) in [5.74, 6) is 0. The maximum Gasteiger partial charge on any atom is 0.0677 e. The third kappa shape index (κ3) is 4.43. The van der Waals surface area contributed by atoms with Crippen LogP contribution in [0.4, 0.5) is 0 Å². The molecule has 0 saturated carbocycles. The Morgan fingerprint density at radius 3 is 1.34 bits per heavy atom. The van der Waals surface area contributed by atoms with E-state index in [1.807, 2.05) is 0 Å². The van der Waals surface area contributed by atoms with Crippen LogP contribution in [-0.4, -0.2) is 9.13 Å². The summed E-state index contributed by atoms with van der Waals surface area (Å²) in [6.45, 7) is 0. The molecule has 0 N–H and O–H groups in total. The van der Waals surface area contributed by atoms with Crippen LogP contribution >= 0.6 is 31.9 Å². The molecule has 0 radical (unpaired) electrons. The molecule has 0 amide bonds. The Kier molecular flexibility index (Phi) is 6.93. The highest BCUT2D eigenvalue weighted by Crippen LogP contribution is 2.59. The molecule has 2 aromatic heterocycles. The number of hydrogen-bond donors (Lipinski definition) is 0. The number of benzene rings is 7. The van der Waals surface area contributed by atoms with Crippen LogP contribution in [0.1, 0.15) is 29.5 Å². The van der Waals surface area contributed by atoms with Gasteiger partial charge in [-0.2, -0.15) is 0 Å². The van der Waals surface area contributed by atoms with Crippen molar-refractivity contribution in [2.45, 2.75) is 18.3 Å². The number of para-hydroxylation sites is 4. The van der Waals surface area contributed by atoms with E-state index in [1.54, 1.807) is 0 Å². The summed E-state index contributed by atoms with van der Waals surface area (Å²) >= 11 is 7.78. The van der Waals surface area contributed by atoms with Crippen LogP contribution in [0.3, 0.4) is 0 Å². The van der Waals surface area contributed by atoms with E-state index in [0.717, 1.165) is 27.5 Å². The van der Waals surface area contributed by atoms with Crippen molar-refractivity contribution in [3.63, 3.8) is 0 Å². The van der Waals surface area contributed by atoms with Crippen LogP contribution in [0.2, 0.25) is 0 Å². The van der Waals surface area contributed by atoms with Crippen LogP contribution in [-0.2, 0) is 5.41 Å². The minimum Gasteiger partial charge on any atom is -0.313 e. The van der Waals surface area contributed by atoms with Gasteiger partial charge in [0, 0.05) is 41.9 Å². The number of aromatic nitrogens is 2. The first-order chi connectivity index (χ1) is 26.1. The highest BCUT2D eigenvalue weighted by Gasteiger charge is 2.47. The average Bonchev–Trinajstić information content (AvgIpc) is 3.82. The van der Waals surface area contributed by atoms with Gasteiger partial charge in [0.25, 0.3) is 0 Å². The lowest BCUT2D eigenvalue weighted by Crippen LogP contribution is -2.30. The molecule has 2 nitrogen and oxygen atoms in total. The molecule has 7 aromatic carbocycles. The Morgan fingerprint density at radius 2 is 0.887 bits per heavy atom. The zero-order chi connectivity index (χ0) is 35.3. The number of hydrogen-bond acceptors (Lipinski definition) is 0. The van der Waals surface area contributed by atoms with Gasteiger partial charge in [0.15, 0.2) is 0 Å². The highest BCUT2D eigenvalue weighted by molar-refractivity contribution is 9.10. The van der Waals surface area contributed by atoms with Gasteiger partial charge in [-0.25, -0.2) is 0 Å². The second-order valence-electron chi connectivity index (χ2n) is 14.3. The van der Waals surface area contributed by atoms with Crippen LogP contribution in [0.25, 0.3) is 66.1 Å². The summed E-state index contributed by atoms with van der Waals surface area (Å²) in [6, 6.07) is 58.2. The first-order valence-electron chi connectivity index (χ1n) is 18.2. The Bertz CT molecular complexity index is 2870. The maximum atomic E-state index is 3.89. The third-order valence-corrected chi connectivity index (χ3v) is 12.7. The molecule has 0 bridgehead atoms. The van der Waals surface area contributed by atoms with Gasteiger partial charge in [-0.15, -0.1) is 0 Å². The Hall–Kier alpha value is -5.42. The van der Waals surface area contributed by atoms with E-state index < -0.39 is 5.41 Å². The quantitative estimate of drug-likeness (QED) is 0.168. The lowest BCUT2D eigenvalue weighted by Gasteiger charge is -2.37. The van der Waals surface area contributed by atoms with E-state index in [2.05, 4.69) is 211 Å². The van der Waals surface area contributed by atoms with E-state index in [4.69, 9.17) is 0 Å². The highest BCUT2D eigenvalue weighted by atomic mass is 79.9. The van der Waals surface area contributed by atoms with E-state index in [0.29, 0.717) is 0 Å². The summed E-state index contributed by atoms with van der Waals surface area (Å²) < 4.78 is 7.07. The fourth-order valence-electron chi connectivity index (χ4n) is 9.53. The topological polar surface area (TPSA) is 9.86 Å². The predicted molar refractivity (Wildman–Crippen MR) is 229 cm³/mol. The second kappa shape index (κ2) is 11.8. The number of halogens is 2. The summed E-state index contributed by atoms with van der Waals surface area (Å²) in [5, 5.41) is 5.14.